The number of aliphatic hydroxyl groups is 1. The van der Waals surface area contributed by atoms with E-state index in [9.17, 15) is 5.11 Å². The van der Waals surface area contributed by atoms with Crippen LogP contribution >= 0.6 is 11.6 Å². The van der Waals surface area contributed by atoms with Crippen molar-refractivity contribution < 1.29 is 5.11 Å². The molecule has 0 radical (unpaired) electrons. The van der Waals surface area contributed by atoms with Crippen LogP contribution in [0.1, 0.15) is 19.5 Å². The molecule has 0 atom stereocenters. The smallest absolute Gasteiger partial charge is 0.116 e. The molecular formula is C13H16ClN3O. The van der Waals surface area contributed by atoms with Gasteiger partial charge in [0, 0.05) is 12.1 Å². The summed E-state index contributed by atoms with van der Waals surface area (Å²) in [6, 6.07) is 7.53. The SMILES string of the molecule is CC(C)Cn1nnc(CO)c1-c1ccccc1Cl. The zero-order valence-corrected chi connectivity index (χ0v) is 11.2. The van der Waals surface area contributed by atoms with Crippen LogP contribution in [0.2, 0.25) is 5.02 Å². The molecule has 2 rings (SSSR count). The summed E-state index contributed by atoms with van der Waals surface area (Å²) >= 11 is 6.20. The molecule has 1 heterocycles. The topological polar surface area (TPSA) is 50.9 Å². The van der Waals surface area contributed by atoms with Crippen LogP contribution in [0, 0.1) is 5.92 Å². The maximum absolute atomic E-state index is 9.36. The normalized spacial score (nSPS) is 11.2. The second-order valence-electron chi connectivity index (χ2n) is 4.60. The molecule has 0 aliphatic carbocycles. The van der Waals surface area contributed by atoms with E-state index in [1.807, 2.05) is 24.3 Å². The summed E-state index contributed by atoms with van der Waals surface area (Å²) in [4.78, 5) is 0. The zero-order chi connectivity index (χ0) is 13.1. The lowest BCUT2D eigenvalue weighted by molar-refractivity contribution is 0.277. The highest BCUT2D eigenvalue weighted by Gasteiger charge is 2.17. The highest BCUT2D eigenvalue weighted by molar-refractivity contribution is 6.33. The molecule has 1 aromatic carbocycles. The molecule has 0 fully saturated rings. The second-order valence-corrected chi connectivity index (χ2v) is 5.01. The van der Waals surface area contributed by atoms with Crippen molar-refractivity contribution in [2.24, 2.45) is 5.92 Å². The summed E-state index contributed by atoms with van der Waals surface area (Å²) in [5.74, 6) is 0.444. The highest BCUT2D eigenvalue weighted by atomic mass is 35.5. The number of hydrogen-bond acceptors (Lipinski definition) is 3. The van der Waals surface area contributed by atoms with Crippen LogP contribution in [0.25, 0.3) is 11.3 Å². The van der Waals surface area contributed by atoms with Gasteiger partial charge in [0.25, 0.3) is 0 Å². The fourth-order valence-corrected chi connectivity index (χ4v) is 2.10. The molecular weight excluding hydrogens is 250 g/mol. The monoisotopic (exact) mass is 265 g/mol. The van der Waals surface area contributed by atoms with Gasteiger partial charge in [-0.2, -0.15) is 0 Å². The van der Waals surface area contributed by atoms with Crippen molar-refractivity contribution in [3.63, 3.8) is 0 Å². The van der Waals surface area contributed by atoms with Gasteiger partial charge in [-0.1, -0.05) is 48.9 Å². The molecule has 0 amide bonds. The number of benzene rings is 1. The molecule has 96 valence electrons. The van der Waals surface area contributed by atoms with Gasteiger partial charge in [0.05, 0.1) is 17.3 Å². The fraction of sp³-hybridized carbons (Fsp3) is 0.385. The zero-order valence-electron chi connectivity index (χ0n) is 10.5. The lowest BCUT2D eigenvalue weighted by Crippen LogP contribution is -2.08. The molecule has 5 heteroatoms. The number of aliphatic hydroxyl groups excluding tert-OH is 1. The van der Waals surface area contributed by atoms with E-state index in [-0.39, 0.29) is 6.61 Å². The van der Waals surface area contributed by atoms with Crippen molar-refractivity contribution in [3.05, 3.63) is 35.0 Å². The van der Waals surface area contributed by atoms with Crippen molar-refractivity contribution in [1.29, 1.82) is 0 Å². The lowest BCUT2D eigenvalue weighted by atomic mass is 10.1. The third kappa shape index (κ3) is 2.54. The van der Waals surface area contributed by atoms with E-state index < -0.39 is 0 Å². The van der Waals surface area contributed by atoms with Crippen molar-refractivity contribution >= 4 is 11.6 Å². The van der Waals surface area contributed by atoms with Gasteiger partial charge in [0.1, 0.15) is 5.69 Å². The van der Waals surface area contributed by atoms with E-state index in [1.54, 1.807) is 4.68 Å². The lowest BCUT2D eigenvalue weighted by Gasteiger charge is -2.11. The molecule has 18 heavy (non-hydrogen) atoms. The molecule has 1 N–H and O–H groups in total. The predicted octanol–water partition coefficient (Wildman–Crippen LogP) is 2.75. The molecule has 4 nitrogen and oxygen atoms in total. The third-order valence-electron chi connectivity index (χ3n) is 2.62. The van der Waals surface area contributed by atoms with E-state index in [0.29, 0.717) is 16.6 Å². The summed E-state index contributed by atoms with van der Waals surface area (Å²) < 4.78 is 1.80. The van der Waals surface area contributed by atoms with Gasteiger partial charge in [0.15, 0.2) is 0 Å². The van der Waals surface area contributed by atoms with Gasteiger partial charge in [-0.05, 0) is 12.0 Å². The number of hydrogen-bond donors (Lipinski definition) is 1. The first-order valence-electron chi connectivity index (χ1n) is 5.91. The van der Waals surface area contributed by atoms with Crippen molar-refractivity contribution in [2.75, 3.05) is 0 Å². The molecule has 0 saturated carbocycles. The first-order chi connectivity index (χ1) is 8.63. The average molecular weight is 266 g/mol. The molecule has 0 saturated heterocycles. The van der Waals surface area contributed by atoms with Crippen LogP contribution in [-0.4, -0.2) is 20.1 Å². The average Bonchev–Trinajstić information content (AvgIpc) is 2.72. The van der Waals surface area contributed by atoms with Crippen LogP contribution in [0.5, 0.6) is 0 Å². The Morgan fingerprint density at radius 1 is 1.33 bits per heavy atom. The maximum atomic E-state index is 9.36. The number of halogens is 1. The Bertz CT molecular complexity index is 537. The summed E-state index contributed by atoms with van der Waals surface area (Å²) in [6.07, 6.45) is 0. The Morgan fingerprint density at radius 2 is 2.06 bits per heavy atom. The van der Waals surface area contributed by atoms with Gasteiger partial charge < -0.3 is 5.11 Å². The first kappa shape index (κ1) is 13.1. The van der Waals surface area contributed by atoms with Gasteiger partial charge in [-0.15, -0.1) is 5.10 Å². The van der Waals surface area contributed by atoms with Crippen molar-refractivity contribution in [2.45, 2.75) is 27.0 Å². The van der Waals surface area contributed by atoms with Crippen LogP contribution in [0.15, 0.2) is 24.3 Å². The second kappa shape index (κ2) is 5.50. The summed E-state index contributed by atoms with van der Waals surface area (Å²) in [7, 11) is 0. The van der Waals surface area contributed by atoms with E-state index >= 15 is 0 Å². The maximum Gasteiger partial charge on any atom is 0.116 e. The van der Waals surface area contributed by atoms with Gasteiger partial charge in [0.2, 0.25) is 0 Å². The Kier molecular flexibility index (Phi) is 3.99. The minimum absolute atomic E-state index is 0.140. The minimum atomic E-state index is -0.140. The standard InChI is InChI=1S/C13H16ClN3O/c1-9(2)7-17-13(12(8-18)15-16-17)10-5-3-4-6-11(10)14/h3-6,9,18H,7-8H2,1-2H3. The van der Waals surface area contributed by atoms with E-state index in [2.05, 4.69) is 24.2 Å². The predicted molar refractivity (Wildman–Crippen MR) is 71.2 cm³/mol. The minimum Gasteiger partial charge on any atom is -0.390 e. The van der Waals surface area contributed by atoms with Crippen LogP contribution in [0.4, 0.5) is 0 Å². The summed E-state index contributed by atoms with van der Waals surface area (Å²) in [6.45, 7) is 4.82. The van der Waals surface area contributed by atoms with Crippen LogP contribution in [-0.2, 0) is 13.2 Å². The van der Waals surface area contributed by atoms with Crippen molar-refractivity contribution in [1.82, 2.24) is 15.0 Å². The first-order valence-corrected chi connectivity index (χ1v) is 6.29. The Balaban J connectivity index is 2.54. The van der Waals surface area contributed by atoms with Gasteiger partial charge >= 0.3 is 0 Å². The van der Waals surface area contributed by atoms with E-state index in [0.717, 1.165) is 17.8 Å². The molecule has 0 unspecified atom stereocenters. The van der Waals surface area contributed by atoms with E-state index in [4.69, 9.17) is 11.6 Å². The number of aromatic nitrogens is 3. The van der Waals surface area contributed by atoms with Gasteiger partial charge in [-0.25, -0.2) is 4.68 Å². The molecule has 2 aromatic rings. The molecule has 0 aliphatic heterocycles. The Labute approximate surface area is 111 Å². The number of nitrogens with zero attached hydrogens (tertiary/aromatic N) is 3. The molecule has 0 spiro atoms. The largest absolute Gasteiger partial charge is 0.390 e. The third-order valence-corrected chi connectivity index (χ3v) is 2.95. The quantitative estimate of drug-likeness (QED) is 0.925. The van der Waals surface area contributed by atoms with E-state index in [1.165, 1.54) is 0 Å². The summed E-state index contributed by atoms with van der Waals surface area (Å²) in [5.41, 5.74) is 2.22. The highest BCUT2D eigenvalue weighted by Crippen LogP contribution is 2.29. The number of rotatable bonds is 4. The van der Waals surface area contributed by atoms with Crippen LogP contribution < -0.4 is 0 Å². The Morgan fingerprint density at radius 3 is 2.67 bits per heavy atom. The summed E-state index contributed by atoms with van der Waals surface area (Å²) in [5, 5.41) is 18.1. The molecule has 0 bridgehead atoms. The molecule has 0 aliphatic rings. The Hall–Kier alpha value is -1.39. The van der Waals surface area contributed by atoms with Crippen LogP contribution in [0.3, 0.4) is 0 Å². The molecule has 1 aromatic heterocycles. The fourth-order valence-electron chi connectivity index (χ4n) is 1.88. The van der Waals surface area contributed by atoms with Crippen molar-refractivity contribution in [3.8, 4) is 11.3 Å². The van der Waals surface area contributed by atoms with Gasteiger partial charge in [-0.3, -0.25) is 0 Å².